The molecule has 0 heterocycles. The van der Waals surface area contributed by atoms with Crippen LogP contribution >= 0.6 is 0 Å². The third-order valence-corrected chi connectivity index (χ3v) is 7.89. The van der Waals surface area contributed by atoms with E-state index in [9.17, 15) is 19.8 Å². The molecule has 0 spiro atoms. The van der Waals surface area contributed by atoms with Gasteiger partial charge in [-0.25, -0.2) is 0 Å². The predicted octanol–water partition coefficient (Wildman–Crippen LogP) is 2.38. The molecule has 0 bridgehead atoms. The van der Waals surface area contributed by atoms with Gasteiger partial charge in [0.25, 0.3) is 0 Å². The van der Waals surface area contributed by atoms with Gasteiger partial charge in [-0.1, -0.05) is 19.4 Å². The summed E-state index contributed by atoms with van der Waals surface area (Å²) in [6.07, 6.45) is 6.45. The Morgan fingerprint density at radius 2 is 1.78 bits per heavy atom. The van der Waals surface area contributed by atoms with E-state index in [-0.39, 0.29) is 23.5 Å². The average Bonchev–Trinajstić information content (AvgIpc) is 2.76. The molecule has 4 aliphatic carbocycles. The van der Waals surface area contributed by atoms with Crippen LogP contribution in [0.25, 0.3) is 0 Å². The predicted molar refractivity (Wildman–Crippen MR) is 84.3 cm³/mol. The Bertz CT molecular complexity index is 619. The standard InChI is InChI=1S/C19H26O4/c1-17-8-7-15-13(14(17)5-6-16(17)21)4-3-11-9-12(20)10-19(22,23)18(11,15)2/h9,13-15,22-23H,3-8,10H2,1-2H3/t13-,14-,15-,17-,18-/m0/s1. The normalized spacial score (nSPS) is 48.3. The lowest BCUT2D eigenvalue weighted by Gasteiger charge is -2.60. The number of fused-ring (bicyclic) bond motifs is 5. The van der Waals surface area contributed by atoms with Crippen LogP contribution < -0.4 is 0 Å². The summed E-state index contributed by atoms with van der Waals surface area (Å²) in [4.78, 5) is 24.3. The SMILES string of the molecule is C[C@@]12C(=CC(=O)CC1(O)O)CC[C@@H]1[C@@H]2CC[C@]2(C)C(=O)CC[C@@H]12. The Morgan fingerprint density at radius 1 is 1.04 bits per heavy atom. The van der Waals surface area contributed by atoms with Crippen LogP contribution in [0.5, 0.6) is 0 Å². The van der Waals surface area contributed by atoms with Crippen molar-refractivity contribution in [2.75, 3.05) is 0 Å². The van der Waals surface area contributed by atoms with Gasteiger partial charge in [-0.15, -0.1) is 0 Å². The summed E-state index contributed by atoms with van der Waals surface area (Å²) in [5, 5.41) is 21.4. The second kappa shape index (κ2) is 4.54. The lowest BCUT2D eigenvalue weighted by molar-refractivity contribution is -0.262. The minimum Gasteiger partial charge on any atom is -0.365 e. The molecule has 4 heteroatoms. The van der Waals surface area contributed by atoms with Crippen molar-refractivity contribution >= 4 is 11.6 Å². The maximum atomic E-state index is 12.4. The van der Waals surface area contributed by atoms with E-state index in [1.54, 1.807) is 6.08 Å². The molecule has 0 aliphatic heterocycles. The van der Waals surface area contributed by atoms with E-state index in [0.29, 0.717) is 24.0 Å². The topological polar surface area (TPSA) is 74.6 Å². The Morgan fingerprint density at radius 3 is 2.52 bits per heavy atom. The first kappa shape index (κ1) is 15.5. The fraction of sp³-hybridized carbons (Fsp3) is 0.789. The molecular weight excluding hydrogens is 292 g/mol. The highest BCUT2D eigenvalue weighted by Gasteiger charge is 2.64. The molecule has 0 aromatic heterocycles. The van der Waals surface area contributed by atoms with E-state index < -0.39 is 11.2 Å². The third kappa shape index (κ3) is 1.79. The van der Waals surface area contributed by atoms with Crippen LogP contribution in [0.3, 0.4) is 0 Å². The van der Waals surface area contributed by atoms with Gasteiger partial charge in [0, 0.05) is 17.3 Å². The van der Waals surface area contributed by atoms with Gasteiger partial charge in [0.05, 0.1) is 6.42 Å². The van der Waals surface area contributed by atoms with E-state index in [0.717, 1.165) is 37.7 Å². The zero-order valence-electron chi connectivity index (χ0n) is 14.0. The highest BCUT2D eigenvalue weighted by Crippen LogP contribution is 2.65. The average molecular weight is 318 g/mol. The summed E-state index contributed by atoms with van der Waals surface area (Å²) >= 11 is 0. The van der Waals surface area contributed by atoms with Gasteiger partial charge in [0.2, 0.25) is 0 Å². The first-order chi connectivity index (χ1) is 10.7. The molecular formula is C19H26O4. The summed E-state index contributed by atoms with van der Waals surface area (Å²) in [6.45, 7) is 4.05. The lowest BCUT2D eigenvalue weighted by Crippen LogP contribution is -2.61. The quantitative estimate of drug-likeness (QED) is 0.673. The fourth-order valence-corrected chi connectivity index (χ4v) is 6.45. The molecule has 3 fully saturated rings. The summed E-state index contributed by atoms with van der Waals surface area (Å²) in [7, 11) is 0. The molecule has 0 unspecified atom stereocenters. The van der Waals surface area contributed by atoms with Crippen LogP contribution in [0.4, 0.5) is 0 Å². The molecule has 0 aromatic carbocycles. The molecule has 0 saturated heterocycles. The molecule has 0 aromatic rings. The van der Waals surface area contributed by atoms with Crippen LogP contribution in [0.1, 0.15) is 58.8 Å². The molecule has 5 atom stereocenters. The van der Waals surface area contributed by atoms with E-state index in [1.807, 2.05) is 6.92 Å². The molecule has 2 N–H and O–H groups in total. The van der Waals surface area contributed by atoms with Crippen LogP contribution in [0.15, 0.2) is 11.6 Å². The molecule has 0 radical (unpaired) electrons. The van der Waals surface area contributed by atoms with Crippen molar-refractivity contribution in [3.8, 4) is 0 Å². The van der Waals surface area contributed by atoms with Crippen molar-refractivity contribution in [2.24, 2.45) is 28.6 Å². The monoisotopic (exact) mass is 318 g/mol. The number of carbonyl (C=O) groups excluding carboxylic acids is 2. The second-order valence-corrected chi connectivity index (χ2v) is 8.67. The third-order valence-electron chi connectivity index (χ3n) is 7.89. The second-order valence-electron chi connectivity index (χ2n) is 8.67. The lowest BCUT2D eigenvalue weighted by atomic mass is 9.46. The zero-order valence-corrected chi connectivity index (χ0v) is 14.0. The van der Waals surface area contributed by atoms with Gasteiger partial charge in [0.1, 0.15) is 5.78 Å². The summed E-state index contributed by atoms with van der Waals surface area (Å²) in [5.41, 5.74) is -0.0546. The molecule has 126 valence electrons. The van der Waals surface area contributed by atoms with Gasteiger partial charge in [0.15, 0.2) is 11.6 Å². The first-order valence-corrected chi connectivity index (χ1v) is 8.92. The van der Waals surface area contributed by atoms with Gasteiger partial charge in [-0.2, -0.15) is 0 Å². The van der Waals surface area contributed by atoms with Crippen molar-refractivity contribution in [3.05, 3.63) is 11.6 Å². The number of aliphatic hydroxyl groups is 2. The summed E-state index contributed by atoms with van der Waals surface area (Å²) in [6, 6.07) is 0. The maximum absolute atomic E-state index is 12.4. The van der Waals surface area contributed by atoms with Crippen LogP contribution in [0, 0.1) is 28.6 Å². The minimum atomic E-state index is -1.96. The smallest absolute Gasteiger partial charge is 0.179 e. The Labute approximate surface area is 137 Å². The summed E-state index contributed by atoms with van der Waals surface area (Å²) in [5.74, 6) is -0.888. The van der Waals surface area contributed by atoms with E-state index in [1.165, 1.54) is 0 Å². The largest absolute Gasteiger partial charge is 0.365 e. The van der Waals surface area contributed by atoms with Crippen LogP contribution in [-0.2, 0) is 9.59 Å². The van der Waals surface area contributed by atoms with Crippen molar-refractivity contribution in [2.45, 2.75) is 64.6 Å². The van der Waals surface area contributed by atoms with E-state index >= 15 is 0 Å². The molecule has 4 rings (SSSR count). The van der Waals surface area contributed by atoms with Crippen molar-refractivity contribution in [3.63, 3.8) is 0 Å². The zero-order chi connectivity index (χ0) is 16.6. The maximum Gasteiger partial charge on any atom is 0.179 e. The number of carbonyl (C=O) groups is 2. The number of ketones is 2. The molecule has 4 aliphatic rings. The number of hydrogen-bond donors (Lipinski definition) is 2. The van der Waals surface area contributed by atoms with Gasteiger partial charge < -0.3 is 10.2 Å². The minimum absolute atomic E-state index is 0.148. The molecule has 23 heavy (non-hydrogen) atoms. The Hall–Kier alpha value is -1.00. The molecule has 4 nitrogen and oxygen atoms in total. The van der Waals surface area contributed by atoms with Crippen molar-refractivity contribution in [1.82, 2.24) is 0 Å². The van der Waals surface area contributed by atoms with Crippen LogP contribution in [0.2, 0.25) is 0 Å². The highest BCUT2D eigenvalue weighted by molar-refractivity contribution is 5.92. The first-order valence-electron chi connectivity index (χ1n) is 8.92. The number of Topliss-reactive ketones (excluding diaryl/α,β-unsaturated/α-hetero) is 1. The Balaban J connectivity index is 1.77. The van der Waals surface area contributed by atoms with Crippen LogP contribution in [-0.4, -0.2) is 27.6 Å². The van der Waals surface area contributed by atoms with Crippen molar-refractivity contribution < 1.29 is 19.8 Å². The number of hydrogen-bond acceptors (Lipinski definition) is 4. The van der Waals surface area contributed by atoms with Crippen molar-refractivity contribution in [1.29, 1.82) is 0 Å². The molecule has 3 saturated carbocycles. The summed E-state index contributed by atoms with van der Waals surface area (Å²) < 4.78 is 0. The van der Waals surface area contributed by atoms with Gasteiger partial charge in [-0.05, 0) is 55.9 Å². The van der Waals surface area contributed by atoms with E-state index in [2.05, 4.69) is 6.92 Å². The Kier molecular flexibility index (Phi) is 3.07. The van der Waals surface area contributed by atoms with Gasteiger partial charge >= 0.3 is 0 Å². The number of rotatable bonds is 0. The highest BCUT2D eigenvalue weighted by atomic mass is 16.5. The fourth-order valence-electron chi connectivity index (χ4n) is 6.45. The molecule has 0 amide bonds. The van der Waals surface area contributed by atoms with E-state index in [4.69, 9.17) is 0 Å². The van der Waals surface area contributed by atoms with Gasteiger partial charge in [-0.3, -0.25) is 9.59 Å².